The first-order valence-electron chi connectivity index (χ1n) is 5.56. The van der Waals surface area contributed by atoms with E-state index in [-0.39, 0.29) is 21.6 Å². The topological polar surface area (TPSA) is 83.5 Å². The van der Waals surface area contributed by atoms with Gasteiger partial charge in [0.25, 0.3) is 0 Å². The fourth-order valence-electron chi connectivity index (χ4n) is 1.49. The van der Waals surface area contributed by atoms with Crippen molar-refractivity contribution in [2.24, 2.45) is 0 Å². The van der Waals surface area contributed by atoms with Gasteiger partial charge in [0.2, 0.25) is 0 Å². The maximum absolute atomic E-state index is 10.8. The minimum Gasteiger partial charge on any atom is -0.397 e. The Hall–Kier alpha value is -0.460. The Morgan fingerprint density at radius 1 is 1.37 bits per heavy atom. The summed E-state index contributed by atoms with van der Waals surface area (Å²) in [6.07, 6.45) is -1.92. The van der Waals surface area contributed by atoms with Crippen LogP contribution >= 0.6 is 35.0 Å². The van der Waals surface area contributed by atoms with Crippen LogP contribution in [0.15, 0.2) is 12.1 Å². The molecule has 1 aromatic rings. The number of benzene rings is 1. The molecule has 1 rings (SSSR count). The highest BCUT2D eigenvalue weighted by molar-refractivity contribution is 8.13. The molecule has 2 unspecified atom stereocenters. The zero-order valence-electron chi connectivity index (χ0n) is 10.3. The van der Waals surface area contributed by atoms with Crippen molar-refractivity contribution in [3.8, 4) is 0 Å². The van der Waals surface area contributed by atoms with Gasteiger partial charge in [0.05, 0.1) is 16.8 Å². The van der Waals surface area contributed by atoms with Crippen LogP contribution in [0.5, 0.6) is 0 Å². The van der Waals surface area contributed by atoms with E-state index < -0.39 is 12.2 Å². The highest BCUT2D eigenvalue weighted by Crippen LogP contribution is 2.33. The van der Waals surface area contributed by atoms with Crippen molar-refractivity contribution >= 4 is 45.8 Å². The van der Waals surface area contributed by atoms with Gasteiger partial charge in [-0.15, -0.1) is 0 Å². The minimum atomic E-state index is -1.17. The molecule has 1 aromatic carbocycles. The van der Waals surface area contributed by atoms with Gasteiger partial charge in [0, 0.05) is 23.3 Å². The number of aliphatic hydroxyl groups is 2. The lowest BCUT2D eigenvalue weighted by atomic mass is 10.0. The molecule has 0 saturated carbocycles. The van der Waals surface area contributed by atoms with Crippen LogP contribution in [0.4, 0.5) is 5.69 Å². The summed E-state index contributed by atoms with van der Waals surface area (Å²) in [5.41, 5.74) is 6.21. The van der Waals surface area contributed by atoms with Gasteiger partial charge in [-0.2, -0.15) is 0 Å². The number of hydrogen-bond donors (Lipinski definition) is 3. The molecule has 0 radical (unpaired) electrons. The molecule has 2 atom stereocenters. The lowest BCUT2D eigenvalue weighted by Crippen LogP contribution is -2.19. The number of halogens is 2. The molecular formula is C12H15Cl2NO3S. The molecule has 19 heavy (non-hydrogen) atoms. The average Bonchev–Trinajstić information content (AvgIpc) is 2.32. The molecule has 7 heteroatoms. The number of thioether (sulfide) groups is 1. The summed E-state index contributed by atoms with van der Waals surface area (Å²) in [6.45, 7) is 1.45. The molecule has 0 spiro atoms. The maximum atomic E-state index is 10.8. The molecule has 106 valence electrons. The molecule has 0 amide bonds. The number of hydrogen-bond acceptors (Lipinski definition) is 5. The van der Waals surface area contributed by atoms with Crippen LogP contribution in [0.25, 0.3) is 0 Å². The Morgan fingerprint density at radius 2 is 2.00 bits per heavy atom. The molecule has 0 aliphatic rings. The molecule has 0 aromatic heterocycles. The van der Waals surface area contributed by atoms with Gasteiger partial charge in [0.1, 0.15) is 6.10 Å². The highest BCUT2D eigenvalue weighted by atomic mass is 35.5. The quantitative estimate of drug-likeness (QED) is 0.725. The van der Waals surface area contributed by atoms with Gasteiger partial charge in [0.15, 0.2) is 5.12 Å². The van der Waals surface area contributed by atoms with Crippen LogP contribution in [-0.4, -0.2) is 27.2 Å². The Bertz CT molecular complexity index is 471. The van der Waals surface area contributed by atoms with Gasteiger partial charge >= 0.3 is 0 Å². The summed E-state index contributed by atoms with van der Waals surface area (Å²) in [5, 5.41) is 20.4. The number of anilines is 1. The van der Waals surface area contributed by atoms with Crippen LogP contribution in [0.1, 0.15) is 25.0 Å². The van der Waals surface area contributed by atoms with Crippen LogP contribution in [0.2, 0.25) is 10.0 Å². The monoisotopic (exact) mass is 323 g/mol. The van der Waals surface area contributed by atoms with Crippen LogP contribution in [0, 0.1) is 0 Å². The van der Waals surface area contributed by atoms with Crippen LogP contribution in [-0.2, 0) is 4.79 Å². The molecule has 0 fully saturated rings. The van der Waals surface area contributed by atoms with E-state index in [1.807, 2.05) is 0 Å². The van der Waals surface area contributed by atoms with E-state index in [4.69, 9.17) is 28.9 Å². The van der Waals surface area contributed by atoms with E-state index in [0.29, 0.717) is 17.0 Å². The molecule has 4 N–H and O–H groups in total. The second-order valence-electron chi connectivity index (χ2n) is 4.04. The first kappa shape index (κ1) is 16.6. The zero-order valence-corrected chi connectivity index (χ0v) is 12.6. The van der Waals surface area contributed by atoms with Gasteiger partial charge < -0.3 is 15.9 Å². The molecule has 0 aliphatic carbocycles. The van der Waals surface area contributed by atoms with Crippen molar-refractivity contribution in [1.82, 2.24) is 0 Å². The van der Waals surface area contributed by atoms with E-state index >= 15 is 0 Å². The lowest BCUT2D eigenvalue weighted by Gasteiger charge is -2.19. The van der Waals surface area contributed by atoms with Crippen molar-refractivity contribution < 1.29 is 15.0 Å². The predicted molar refractivity (Wildman–Crippen MR) is 79.6 cm³/mol. The summed E-state index contributed by atoms with van der Waals surface area (Å²) in [6, 6.07) is 2.87. The first-order valence-corrected chi connectivity index (χ1v) is 7.31. The SMILES string of the molecule is CC(=O)SCCC(O)C(O)c1cc(Cl)c(N)cc1Cl. The van der Waals surface area contributed by atoms with Crippen molar-refractivity contribution in [3.05, 3.63) is 27.7 Å². The summed E-state index contributed by atoms with van der Waals surface area (Å²) in [7, 11) is 0. The fourth-order valence-corrected chi connectivity index (χ4v) is 2.60. The van der Waals surface area contributed by atoms with E-state index in [0.717, 1.165) is 11.8 Å². The minimum absolute atomic E-state index is 0.0322. The van der Waals surface area contributed by atoms with Crippen LogP contribution in [0.3, 0.4) is 0 Å². The summed E-state index contributed by atoms with van der Waals surface area (Å²) in [4.78, 5) is 10.8. The number of carbonyl (C=O) groups is 1. The maximum Gasteiger partial charge on any atom is 0.185 e. The Labute approximate surface area is 125 Å². The fraction of sp³-hybridized carbons (Fsp3) is 0.417. The van der Waals surface area contributed by atoms with Crippen molar-refractivity contribution in [2.75, 3.05) is 11.5 Å². The third-order valence-electron chi connectivity index (χ3n) is 2.52. The van der Waals surface area contributed by atoms with Crippen LogP contribution < -0.4 is 5.73 Å². The number of nitrogen functional groups attached to an aromatic ring is 1. The Morgan fingerprint density at radius 3 is 2.58 bits per heavy atom. The van der Waals surface area contributed by atoms with Gasteiger partial charge in [-0.3, -0.25) is 4.79 Å². The van der Waals surface area contributed by atoms with Gasteiger partial charge in [-0.1, -0.05) is 35.0 Å². The third kappa shape index (κ3) is 4.85. The van der Waals surface area contributed by atoms with E-state index in [1.165, 1.54) is 19.1 Å². The van der Waals surface area contributed by atoms with E-state index in [9.17, 15) is 15.0 Å². The lowest BCUT2D eigenvalue weighted by molar-refractivity contribution is -0.109. The molecule has 0 bridgehead atoms. The zero-order chi connectivity index (χ0) is 14.6. The number of carbonyl (C=O) groups excluding carboxylic acids is 1. The molecule has 4 nitrogen and oxygen atoms in total. The Kier molecular flexibility index (Phi) is 6.42. The normalized spacial score (nSPS) is 14.2. The molecule has 0 saturated heterocycles. The molecule has 0 aliphatic heterocycles. The number of nitrogens with two attached hydrogens (primary N) is 1. The number of aliphatic hydroxyl groups excluding tert-OH is 2. The standard InChI is InChI=1S/C12H15Cl2NO3S/c1-6(16)19-3-2-11(17)12(18)7-4-9(14)10(15)5-8(7)13/h4-5,11-12,17-18H,2-3,15H2,1H3. The van der Waals surface area contributed by atoms with Crippen molar-refractivity contribution in [2.45, 2.75) is 25.6 Å². The second-order valence-corrected chi connectivity index (χ2v) is 6.12. The summed E-state index contributed by atoms with van der Waals surface area (Å²) < 4.78 is 0. The Balaban J connectivity index is 2.73. The second kappa shape index (κ2) is 7.36. The first-order chi connectivity index (χ1) is 8.82. The van der Waals surface area contributed by atoms with E-state index in [1.54, 1.807) is 0 Å². The molecule has 0 heterocycles. The van der Waals surface area contributed by atoms with Gasteiger partial charge in [-0.25, -0.2) is 0 Å². The highest BCUT2D eigenvalue weighted by Gasteiger charge is 2.21. The van der Waals surface area contributed by atoms with Gasteiger partial charge in [-0.05, 0) is 18.6 Å². The largest absolute Gasteiger partial charge is 0.397 e. The van der Waals surface area contributed by atoms with Crippen molar-refractivity contribution in [1.29, 1.82) is 0 Å². The van der Waals surface area contributed by atoms with Crippen molar-refractivity contribution in [3.63, 3.8) is 0 Å². The smallest absolute Gasteiger partial charge is 0.185 e. The molecular weight excluding hydrogens is 309 g/mol. The third-order valence-corrected chi connectivity index (χ3v) is 4.02. The average molecular weight is 324 g/mol. The summed E-state index contributed by atoms with van der Waals surface area (Å²) in [5.74, 6) is 0.424. The van der Waals surface area contributed by atoms with E-state index in [2.05, 4.69) is 0 Å². The summed E-state index contributed by atoms with van der Waals surface area (Å²) >= 11 is 12.9. The number of rotatable bonds is 5. The predicted octanol–water partition coefficient (Wildman–Crippen LogP) is 2.64.